The highest BCUT2D eigenvalue weighted by molar-refractivity contribution is 7.98. The molecule has 1 aliphatic rings. The number of halogens is 1. The number of phenolic OH excluding ortho intramolecular Hbond substituents is 1. The molecule has 5 rings (SSSR count). The zero-order chi connectivity index (χ0) is 26.6. The average molecular weight is 548 g/mol. The number of carbonyl (C=O) groups is 1. The van der Waals surface area contributed by atoms with Gasteiger partial charge in [0.25, 0.3) is 5.91 Å². The lowest BCUT2D eigenvalue weighted by Gasteiger charge is -2.28. The number of aromatic nitrogens is 3. The topological polar surface area (TPSA) is 101 Å². The summed E-state index contributed by atoms with van der Waals surface area (Å²) in [5.41, 5.74) is 3.46. The second-order valence-electron chi connectivity index (χ2n) is 8.58. The number of phenols is 1. The van der Waals surface area contributed by atoms with Gasteiger partial charge in [0.05, 0.1) is 17.9 Å². The average Bonchev–Trinajstić information content (AvgIpc) is 3.31. The van der Waals surface area contributed by atoms with Gasteiger partial charge in [-0.1, -0.05) is 65.8 Å². The predicted octanol–water partition coefficient (Wildman–Crippen LogP) is 6.26. The van der Waals surface area contributed by atoms with Crippen LogP contribution in [0.15, 0.2) is 89.2 Å². The second kappa shape index (κ2) is 11.2. The van der Waals surface area contributed by atoms with Gasteiger partial charge >= 0.3 is 0 Å². The molecule has 8 nitrogen and oxygen atoms in total. The maximum atomic E-state index is 13.8. The summed E-state index contributed by atoms with van der Waals surface area (Å²) in [6, 6.07) is 21.1. The fourth-order valence-corrected chi connectivity index (χ4v) is 5.36. The number of hydrogen-bond acceptors (Lipinski definition) is 7. The molecule has 1 unspecified atom stereocenters. The van der Waals surface area contributed by atoms with Crippen molar-refractivity contribution in [2.75, 3.05) is 17.2 Å². The van der Waals surface area contributed by atoms with Gasteiger partial charge in [-0.2, -0.15) is 4.98 Å². The number of thioether (sulfide) groups is 1. The van der Waals surface area contributed by atoms with Crippen molar-refractivity contribution in [3.63, 3.8) is 0 Å². The van der Waals surface area contributed by atoms with Crippen LogP contribution < -0.4 is 15.4 Å². The molecule has 0 fully saturated rings. The molecule has 1 aromatic heterocycles. The summed E-state index contributed by atoms with van der Waals surface area (Å²) in [5.74, 6) is 1.54. The van der Waals surface area contributed by atoms with Crippen molar-refractivity contribution in [3.8, 4) is 11.5 Å². The number of para-hydroxylation sites is 2. The van der Waals surface area contributed by atoms with Gasteiger partial charge in [0.2, 0.25) is 11.1 Å². The minimum Gasteiger partial charge on any atom is -0.508 e. The van der Waals surface area contributed by atoms with Crippen LogP contribution in [0.25, 0.3) is 0 Å². The molecule has 4 aromatic rings. The lowest BCUT2D eigenvalue weighted by Crippen LogP contribution is -2.31. The van der Waals surface area contributed by atoms with Crippen molar-refractivity contribution in [2.24, 2.45) is 0 Å². The first-order chi connectivity index (χ1) is 18.4. The van der Waals surface area contributed by atoms with Gasteiger partial charge < -0.3 is 20.5 Å². The molecule has 0 saturated carbocycles. The number of amides is 1. The van der Waals surface area contributed by atoms with Gasteiger partial charge in [-0.3, -0.25) is 4.79 Å². The van der Waals surface area contributed by atoms with Crippen molar-refractivity contribution in [1.29, 1.82) is 0 Å². The number of rotatable bonds is 8. The Morgan fingerprint density at radius 2 is 1.87 bits per heavy atom. The lowest BCUT2D eigenvalue weighted by molar-refractivity contribution is -0.113. The van der Waals surface area contributed by atoms with E-state index in [0.29, 0.717) is 51.2 Å². The Balaban J connectivity index is 1.49. The van der Waals surface area contributed by atoms with Crippen molar-refractivity contribution < 1.29 is 14.6 Å². The minimum atomic E-state index is -0.576. The van der Waals surface area contributed by atoms with E-state index < -0.39 is 6.04 Å². The zero-order valence-corrected chi connectivity index (χ0v) is 22.4. The number of carbonyl (C=O) groups excluding carboxylic acids is 1. The van der Waals surface area contributed by atoms with Crippen molar-refractivity contribution in [3.05, 3.63) is 100 Å². The molecule has 194 valence electrons. The highest BCUT2D eigenvalue weighted by Gasteiger charge is 2.34. The van der Waals surface area contributed by atoms with Gasteiger partial charge in [0.15, 0.2) is 0 Å². The van der Waals surface area contributed by atoms with Crippen LogP contribution in [0.3, 0.4) is 0 Å². The van der Waals surface area contributed by atoms with E-state index in [1.165, 1.54) is 11.8 Å². The molecule has 38 heavy (non-hydrogen) atoms. The van der Waals surface area contributed by atoms with Crippen LogP contribution in [0.5, 0.6) is 11.5 Å². The van der Waals surface area contributed by atoms with Crippen LogP contribution in [0.4, 0.5) is 11.6 Å². The number of nitrogens with one attached hydrogen (secondary N) is 2. The molecule has 0 radical (unpaired) electrons. The summed E-state index contributed by atoms with van der Waals surface area (Å²) < 4.78 is 7.40. The van der Waals surface area contributed by atoms with Crippen molar-refractivity contribution >= 4 is 40.9 Å². The highest BCUT2D eigenvalue weighted by atomic mass is 35.5. The third kappa shape index (κ3) is 5.34. The van der Waals surface area contributed by atoms with Crippen LogP contribution in [-0.4, -0.2) is 32.4 Å². The Labute approximate surface area is 229 Å². The van der Waals surface area contributed by atoms with Crippen LogP contribution >= 0.6 is 23.4 Å². The van der Waals surface area contributed by atoms with Crippen LogP contribution in [0.2, 0.25) is 5.02 Å². The summed E-state index contributed by atoms with van der Waals surface area (Å²) in [5, 5.41) is 22.1. The van der Waals surface area contributed by atoms with E-state index in [1.807, 2.05) is 56.3 Å². The Hall–Kier alpha value is -3.95. The van der Waals surface area contributed by atoms with E-state index in [0.717, 1.165) is 11.1 Å². The Bertz CT molecular complexity index is 1500. The monoisotopic (exact) mass is 547 g/mol. The molecule has 2 heterocycles. The second-order valence-corrected chi connectivity index (χ2v) is 9.93. The Morgan fingerprint density at radius 3 is 2.63 bits per heavy atom. The largest absolute Gasteiger partial charge is 0.508 e. The number of benzene rings is 3. The standard InChI is InChI=1S/C28H26ClN5O3S/c1-3-37-23-11-7-6-10-22(23)31-26(36)24-17(2)30-27-32-28(38-16-19-8-4-5-9-21(19)29)33-34(27)25(24)18-12-14-20(35)15-13-18/h4-15,25,35H,3,16H2,1-2H3,(H,31,36)(H,30,32,33). The van der Waals surface area contributed by atoms with Crippen LogP contribution in [-0.2, 0) is 10.5 Å². The SMILES string of the molecule is CCOc1ccccc1NC(=O)C1=C(C)Nc2nc(SCc3ccccc3Cl)nn2C1c1ccc(O)cc1. The molecular weight excluding hydrogens is 522 g/mol. The molecule has 0 aliphatic carbocycles. The van der Waals surface area contributed by atoms with Gasteiger partial charge in [-0.25, -0.2) is 4.68 Å². The molecule has 0 bridgehead atoms. The summed E-state index contributed by atoms with van der Waals surface area (Å²) in [7, 11) is 0. The summed E-state index contributed by atoms with van der Waals surface area (Å²) >= 11 is 7.78. The molecule has 1 amide bonds. The molecule has 0 saturated heterocycles. The van der Waals surface area contributed by atoms with E-state index in [4.69, 9.17) is 21.4 Å². The zero-order valence-electron chi connectivity index (χ0n) is 20.8. The summed E-state index contributed by atoms with van der Waals surface area (Å²) in [6.07, 6.45) is 0. The number of allylic oxidation sites excluding steroid dienone is 1. The predicted molar refractivity (Wildman–Crippen MR) is 150 cm³/mol. The van der Waals surface area contributed by atoms with Crippen molar-refractivity contribution in [2.45, 2.75) is 30.8 Å². The van der Waals surface area contributed by atoms with Crippen molar-refractivity contribution in [1.82, 2.24) is 14.8 Å². The Morgan fingerprint density at radius 1 is 1.13 bits per heavy atom. The number of fused-ring (bicyclic) bond motifs is 1. The molecule has 3 N–H and O–H groups in total. The number of hydrogen-bond donors (Lipinski definition) is 3. The van der Waals surface area contributed by atoms with Gasteiger partial charge in [0.1, 0.15) is 17.5 Å². The Kier molecular flexibility index (Phi) is 7.57. The first-order valence-corrected chi connectivity index (χ1v) is 13.4. The lowest BCUT2D eigenvalue weighted by atomic mass is 9.95. The minimum absolute atomic E-state index is 0.134. The maximum absolute atomic E-state index is 13.8. The smallest absolute Gasteiger partial charge is 0.255 e. The molecule has 3 aromatic carbocycles. The van der Waals surface area contributed by atoms with Crippen LogP contribution in [0, 0.1) is 0 Å². The third-order valence-corrected chi connectivity index (χ3v) is 7.29. The molecule has 10 heteroatoms. The van der Waals surface area contributed by atoms with Crippen LogP contribution in [0.1, 0.15) is 31.0 Å². The normalized spacial score (nSPS) is 14.6. The molecular formula is C28H26ClN5O3S. The van der Waals surface area contributed by atoms with E-state index in [9.17, 15) is 9.90 Å². The van der Waals surface area contributed by atoms with Gasteiger partial charge in [-0.05, 0) is 55.3 Å². The quantitative estimate of drug-likeness (QED) is 0.224. The number of anilines is 2. The van der Waals surface area contributed by atoms with E-state index in [2.05, 4.69) is 15.6 Å². The van der Waals surface area contributed by atoms with Gasteiger partial charge in [-0.15, -0.1) is 5.10 Å². The number of ether oxygens (including phenoxy) is 1. The third-order valence-electron chi connectivity index (χ3n) is 6.04. The van der Waals surface area contributed by atoms with Gasteiger partial charge in [0, 0.05) is 16.5 Å². The maximum Gasteiger partial charge on any atom is 0.255 e. The summed E-state index contributed by atoms with van der Waals surface area (Å²) in [4.78, 5) is 18.4. The van der Waals surface area contributed by atoms with E-state index in [1.54, 1.807) is 35.0 Å². The first kappa shape index (κ1) is 25.7. The number of nitrogens with zero attached hydrogens (tertiary/aromatic N) is 3. The molecule has 1 aliphatic heterocycles. The fourth-order valence-electron chi connectivity index (χ4n) is 4.25. The van der Waals surface area contributed by atoms with E-state index >= 15 is 0 Å². The molecule has 0 spiro atoms. The fraction of sp³-hybridized carbons (Fsp3) is 0.179. The summed E-state index contributed by atoms with van der Waals surface area (Å²) in [6.45, 7) is 4.21. The first-order valence-electron chi connectivity index (χ1n) is 12.1. The highest BCUT2D eigenvalue weighted by Crippen LogP contribution is 2.38. The molecule has 1 atom stereocenters. The van der Waals surface area contributed by atoms with E-state index in [-0.39, 0.29) is 11.7 Å². The number of aromatic hydroxyl groups is 1.